The van der Waals surface area contributed by atoms with Gasteiger partial charge in [-0.15, -0.1) is 20.4 Å². The molecule has 0 spiro atoms. The molecule has 4 rings (SSSR count). The zero-order valence-electron chi connectivity index (χ0n) is 15.7. The van der Waals surface area contributed by atoms with Crippen LogP contribution >= 0.6 is 0 Å². The maximum atomic E-state index is 5.89. The Kier molecular flexibility index (Phi) is 4.11. The monoisotopic (exact) mass is 360 g/mol. The summed E-state index contributed by atoms with van der Waals surface area (Å²) in [6.07, 6.45) is 0. The Hall–Kier alpha value is -3.28. The molecule has 2 aromatic heterocycles. The molecular weight excluding hydrogens is 340 g/mol. The first-order valence-electron chi connectivity index (χ1n) is 8.75. The van der Waals surface area contributed by atoms with E-state index < -0.39 is 0 Å². The van der Waals surface area contributed by atoms with Gasteiger partial charge in [-0.3, -0.25) is 0 Å². The second-order valence-corrected chi connectivity index (χ2v) is 7.45. The minimum Gasteiger partial charge on any atom is -0.421 e. The third-order valence-electron chi connectivity index (χ3n) is 4.31. The van der Waals surface area contributed by atoms with Gasteiger partial charge in [0, 0.05) is 23.6 Å². The smallest absolute Gasteiger partial charge is 0.248 e. The molecule has 0 saturated carbocycles. The molecule has 136 valence electrons. The second kappa shape index (κ2) is 6.46. The van der Waals surface area contributed by atoms with Crippen LogP contribution in [-0.2, 0) is 5.41 Å². The zero-order valence-corrected chi connectivity index (χ0v) is 15.7. The fourth-order valence-electron chi connectivity index (χ4n) is 2.77. The fraction of sp³-hybridized carbons (Fsp3) is 0.238. The lowest BCUT2D eigenvalue weighted by atomic mass is 9.87. The highest BCUT2D eigenvalue weighted by molar-refractivity contribution is 5.65. The van der Waals surface area contributed by atoms with Crippen LogP contribution in [0.5, 0.6) is 0 Å². The summed E-state index contributed by atoms with van der Waals surface area (Å²) in [4.78, 5) is 0. The highest BCUT2D eigenvalue weighted by Crippen LogP contribution is 2.29. The molecule has 0 aliphatic heterocycles. The van der Waals surface area contributed by atoms with Gasteiger partial charge in [0.05, 0.1) is 0 Å². The van der Waals surface area contributed by atoms with Crippen LogP contribution in [-0.4, -0.2) is 20.4 Å². The second-order valence-electron chi connectivity index (χ2n) is 7.45. The van der Waals surface area contributed by atoms with E-state index in [0.29, 0.717) is 23.6 Å². The average molecular weight is 360 g/mol. The van der Waals surface area contributed by atoms with E-state index in [-0.39, 0.29) is 5.41 Å². The van der Waals surface area contributed by atoms with Crippen molar-refractivity contribution in [2.24, 2.45) is 0 Å². The Morgan fingerprint density at radius 3 is 1.78 bits per heavy atom. The van der Waals surface area contributed by atoms with E-state index in [9.17, 15) is 0 Å². The Bertz CT molecular complexity index is 1070. The highest BCUT2D eigenvalue weighted by Gasteiger charge is 2.16. The molecule has 2 heterocycles. The molecule has 6 heteroatoms. The summed E-state index contributed by atoms with van der Waals surface area (Å²) in [5.74, 6) is 1.92. The molecule has 0 bridgehead atoms. The SMILES string of the molecule is Cc1nnc(-c2cccc(-c3nnc(-c4ccc(C(C)(C)C)cc4)o3)c2)o1. The van der Waals surface area contributed by atoms with Crippen LogP contribution in [0.1, 0.15) is 32.2 Å². The average Bonchev–Trinajstić information content (AvgIpc) is 3.31. The first kappa shape index (κ1) is 17.1. The number of rotatable bonds is 3. The molecule has 0 N–H and O–H groups in total. The molecule has 0 amide bonds. The lowest BCUT2D eigenvalue weighted by Gasteiger charge is -2.18. The summed E-state index contributed by atoms with van der Waals surface area (Å²) >= 11 is 0. The molecule has 0 saturated heterocycles. The number of hydrogen-bond donors (Lipinski definition) is 0. The van der Waals surface area contributed by atoms with Gasteiger partial charge < -0.3 is 8.83 Å². The van der Waals surface area contributed by atoms with Crippen molar-refractivity contribution in [3.05, 3.63) is 60.0 Å². The normalized spacial score (nSPS) is 11.7. The van der Waals surface area contributed by atoms with Gasteiger partial charge in [-0.05, 0) is 41.3 Å². The van der Waals surface area contributed by atoms with Crippen LogP contribution in [0.3, 0.4) is 0 Å². The third kappa shape index (κ3) is 3.51. The minimum absolute atomic E-state index is 0.103. The van der Waals surface area contributed by atoms with Crippen LogP contribution in [0.15, 0.2) is 57.4 Å². The Balaban J connectivity index is 1.63. The minimum atomic E-state index is 0.103. The van der Waals surface area contributed by atoms with E-state index in [1.165, 1.54) is 5.56 Å². The largest absolute Gasteiger partial charge is 0.421 e. The highest BCUT2D eigenvalue weighted by atomic mass is 16.4. The Morgan fingerprint density at radius 2 is 1.22 bits per heavy atom. The first-order valence-corrected chi connectivity index (χ1v) is 8.75. The maximum Gasteiger partial charge on any atom is 0.248 e. The summed E-state index contributed by atoms with van der Waals surface area (Å²) < 4.78 is 11.4. The van der Waals surface area contributed by atoms with Crippen molar-refractivity contribution in [3.8, 4) is 34.4 Å². The van der Waals surface area contributed by atoms with Crippen LogP contribution < -0.4 is 0 Å². The van der Waals surface area contributed by atoms with Crippen molar-refractivity contribution in [2.45, 2.75) is 33.1 Å². The summed E-state index contributed by atoms with van der Waals surface area (Å²) in [6, 6.07) is 15.8. The van der Waals surface area contributed by atoms with Crippen LogP contribution in [0.2, 0.25) is 0 Å². The van der Waals surface area contributed by atoms with Crippen molar-refractivity contribution in [1.29, 1.82) is 0 Å². The number of benzene rings is 2. The van der Waals surface area contributed by atoms with Crippen LogP contribution in [0, 0.1) is 6.92 Å². The number of hydrogen-bond acceptors (Lipinski definition) is 6. The summed E-state index contributed by atoms with van der Waals surface area (Å²) in [6.45, 7) is 8.32. The van der Waals surface area contributed by atoms with Crippen LogP contribution in [0.25, 0.3) is 34.4 Å². The fourth-order valence-corrected chi connectivity index (χ4v) is 2.77. The Morgan fingerprint density at radius 1 is 0.667 bits per heavy atom. The predicted molar refractivity (Wildman–Crippen MR) is 102 cm³/mol. The number of nitrogens with zero attached hydrogens (tertiary/aromatic N) is 4. The van der Waals surface area contributed by atoms with E-state index in [4.69, 9.17) is 8.83 Å². The predicted octanol–water partition coefficient (Wildman–Crippen LogP) is 5.06. The lowest BCUT2D eigenvalue weighted by molar-refractivity contribution is 0.533. The number of aromatic nitrogens is 4. The molecule has 4 aromatic rings. The maximum absolute atomic E-state index is 5.89. The molecule has 0 aliphatic rings. The molecule has 0 fully saturated rings. The first-order chi connectivity index (χ1) is 12.9. The van der Waals surface area contributed by atoms with Crippen molar-refractivity contribution in [1.82, 2.24) is 20.4 Å². The van der Waals surface area contributed by atoms with Crippen molar-refractivity contribution in [2.75, 3.05) is 0 Å². The molecular formula is C21H20N4O2. The van der Waals surface area contributed by atoms with Gasteiger partial charge >= 0.3 is 0 Å². The van der Waals surface area contributed by atoms with E-state index in [2.05, 4.69) is 53.3 Å². The van der Waals surface area contributed by atoms with Crippen molar-refractivity contribution >= 4 is 0 Å². The van der Waals surface area contributed by atoms with Gasteiger partial charge in [-0.2, -0.15) is 0 Å². The molecule has 27 heavy (non-hydrogen) atoms. The van der Waals surface area contributed by atoms with Gasteiger partial charge in [0.1, 0.15) is 0 Å². The Labute approximate surface area is 157 Å². The van der Waals surface area contributed by atoms with Gasteiger partial charge in [0.25, 0.3) is 0 Å². The van der Waals surface area contributed by atoms with Crippen molar-refractivity contribution in [3.63, 3.8) is 0 Å². The quantitative estimate of drug-likeness (QED) is 0.508. The summed E-state index contributed by atoms with van der Waals surface area (Å²) in [7, 11) is 0. The van der Waals surface area contributed by atoms with Gasteiger partial charge in [-0.1, -0.05) is 39.0 Å². The molecule has 2 aromatic carbocycles. The standard InChI is InChI=1S/C21H20N4O2/c1-13-22-23-19(26-13)15-6-5-7-16(12-15)20-25-24-18(27-20)14-8-10-17(11-9-14)21(2,3)4/h5-12H,1-4H3. The zero-order chi connectivity index (χ0) is 19.0. The number of aryl methyl sites for hydroxylation is 1. The molecule has 6 nitrogen and oxygen atoms in total. The van der Waals surface area contributed by atoms with Gasteiger partial charge in [0.15, 0.2) is 0 Å². The van der Waals surface area contributed by atoms with Gasteiger partial charge in [0.2, 0.25) is 23.6 Å². The van der Waals surface area contributed by atoms with Crippen LogP contribution in [0.4, 0.5) is 0 Å². The molecule has 0 aliphatic carbocycles. The topological polar surface area (TPSA) is 77.8 Å². The van der Waals surface area contributed by atoms with E-state index >= 15 is 0 Å². The lowest BCUT2D eigenvalue weighted by Crippen LogP contribution is -2.10. The molecule has 0 atom stereocenters. The molecule has 0 radical (unpaired) electrons. The van der Waals surface area contributed by atoms with Crippen molar-refractivity contribution < 1.29 is 8.83 Å². The molecule has 0 unspecified atom stereocenters. The third-order valence-corrected chi connectivity index (χ3v) is 4.31. The summed E-state index contributed by atoms with van der Waals surface area (Å²) in [5.41, 5.74) is 3.86. The summed E-state index contributed by atoms with van der Waals surface area (Å²) in [5, 5.41) is 16.3. The van der Waals surface area contributed by atoms with E-state index in [1.807, 2.05) is 36.4 Å². The van der Waals surface area contributed by atoms with Gasteiger partial charge in [-0.25, -0.2) is 0 Å². The van der Waals surface area contributed by atoms with E-state index in [0.717, 1.165) is 16.7 Å². The van der Waals surface area contributed by atoms with E-state index in [1.54, 1.807) is 6.92 Å².